The molecule has 0 spiro atoms. The van der Waals surface area contributed by atoms with Gasteiger partial charge in [0.1, 0.15) is 0 Å². The number of aliphatic carboxylic acids is 1. The minimum atomic E-state index is -0.727. The molecule has 1 aromatic carbocycles. The Morgan fingerprint density at radius 3 is 2.67 bits per heavy atom. The summed E-state index contributed by atoms with van der Waals surface area (Å²) in [4.78, 5) is 11.0. The van der Waals surface area contributed by atoms with Crippen molar-refractivity contribution in [1.29, 1.82) is 0 Å². The molecule has 2 unspecified atom stereocenters. The van der Waals surface area contributed by atoms with Gasteiger partial charge in [-0.3, -0.25) is 4.79 Å². The number of hydrogen-bond acceptors (Lipinski definition) is 2. The second-order valence-corrected chi connectivity index (χ2v) is 3.92. The maximum Gasteiger partial charge on any atom is 0.306 e. The molecule has 3 nitrogen and oxygen atoms in total. The molecule has 1 aliphatic heterocycles. The zero-order valence-electron chi connectivity index (χ0n) is 8.43. The Morgan fingerprint density at radius 1 is 1.47 bits per heavy atom. The van der Waals surface area contributed by atoms with Crippen molar-refractivity contribution in [1.82, 2.24) is 0 Å². The van der Waals surface area contributed by atoms with Gasteiger partial charge in [-0.25, -0.2) is 0 Å². The van der Waals surface area contributed by atoms with Crippen molar-refractivity contribution in [2.75, 3.05) is 6.61 Å². The number of epoxide rings is 1. The predicted octanol–water partition coefficient (Wildman–Crippen LogP) is 1.72. The summed E-state index contributed by atoms with van der Waals surface area (Å²) in [5, 5.41) is 9.06. The first-order chi connectivity index (χ1) is 7.25. The largest absolute Gasteiger partial charge is 0.481 e. The Bertz CT molecular complexity index is 330. The third kappa shape index (κ3) is 3.06. The molecule has 1 heterocycles. The number of carboxylic acids is 1. The number of carboxylic acid groups (broad SMARTS) is 1. The standard InChI is InChI=1S/C12H14O3/c13-12(14)10(7-11-8-15-11)6-9-4-2-1-3-5-9/h1-5,10-11H,6-8H2,(H,13,14). The third-order valence-corrected chi connectivity index (χ3v) is 2.62. The molecule has 3 heteroatoms. The number of rotatable bonds is 5. The van der Waals surface area contributed by atoms with Gasteiger partial charge in [0, 0.05) is 0 Å². The highest BCUT2D eigenvalue weighted by atomic mass is 16.6. The van der Waals surface area contributed by atoms with Crippen molar-refractivity contribution < 1.29 is 14.6 Å². The molecule has 0 aromatic heterocycles. The van der Waals surface area contributed by atoms with E-state index in [1.807, 2.05) is 30.3 Å². The Hall–Kier alpha value is -1.35. The maximum absolute atomic E-state index is 11.0. The lowest BCUT2D eigenvalue weighted by Crippen LogP contribution is -2.18. The molecule has 0 radical (unpaired) electrons. The smallest absolute Gasteiger partial charge is 0.306 e. The SMILES string of the molecule is O=C(O)C(Cc1ccccc1)CC1CO1. The van der Waals surface area contributed by atoms with Crippen LogP contribution in [0.25, 0.3) is 0 Å². The van der Waals surface area contributed by atoms with Crippen LogP contribution in [0.1, 0.15) is 12.0 Å². The van der Waals surface area contributed by atoms with E-state index in [1.54, 1.807) is 0 Å². The van der Waals surface area contributed by atoms with E-state index in [-0.39, 0.29) is 12.0 Å². The monoisotopic (exact) mass is 206 g/mol. The van der Waals surface area contributed by atoms with E-state index in [0.717, 1.165) is 12.2 Å². The summed E-state index contributed by atoms with van der Waals surface area (Å²) in [6.45, 7) is 0.721. The molecular weight excluding hydrogens is 192 g/mol. The summed E-state index contributed by atoms with van der Waals surface area (Å²) < 4.78 is 5.06. The van der Waals surface area contributed by atoms with Gasteiger partial charge in [-0.05, 0) is 18.4 Å². The molecule has 0 aliphatic carbocycles. The molecule has 2 atom stereocenters. The van der Waals surface area contributed by atoms with Crippen LogP contribution in [0.2, 0.25) is 0 Å². The van der Waals surface area contributed by atoms with Crippen molar-refractivity contribution >= 4 is 5.97 Å². The number of ether oxygens (including phenoxy) is 1. The van der Waals surface area contributed by atoms with Gasteiger partial charge in [0.25, 0.3) is 0 Å². The van der Waals surface area contributed by atoms with Crippen LogP contribution in [-0.4, -0.2) is 23.8 Å². The Labute approximate surface area is 88.7 Å². The van der Waals surface area contributed by atoms with Crippen LogP contribution >= 0.6 is 0 Å². The fourth-order valence-electron chi connectivity index (χ4n) is 1.69. The van der Waals surface area contributed by atoms with Crippen LogP contribution in [-0.2, 0) is 16.0 Å². The quantitative estimate of drug-likeness (QED) is 0.746. The number of hydrogen-bond donors (Lipinski definition) is 1. The summed E-state index contributed by atoms with van der Waals surface area (Å²) in [5.41, 5.74) is 1.07. The van der Waals surface area contributed by atoms with Crippen molar-refractivity contribution in [3.8, 4) is 0 Å². The van der Waals surface area contributed by atoms with Crippen LogP contribution in [0.5, 0.6) is 0 Å². The molecule has 2 rings (SSSR count). The zero-order valence-corrected chi connectivity index (χ0v) is 8.43. The summed E-state index contributed by atoms with van der Waals surface area (Å²) in [7, 11) is 0. The van der Waals surface area contributed by atoms with Crippen LogP contribution in [0, 0.1) is 5.92 Å². The van der Waals surface area contributed by atoms with Crippen LogP contribution in [0.3, 0.4) is 0 Å². The molecule has 0 bridgehead atoms. The number of benzene rings is 1. The highest BCUT2D eigenvalue weighted by Crippen LogP contribution is 2.22. The fraction of sp³-hybridized carbons (Fsp3) is 0.417. The van der Waals surface area contributed by atoms with E-state index in [2.05, 4.69) is 0 Å². The highest BCUT2D eigenvalue weighted by molar-refractivity contribution is 5.70. The van der Waals surface area contributed by atoms with Gasteiger partial charge < -0.3 is 9.84 Å². The molecule has 0 saturated carbocycles. The molecule has 0 amide bonds. The lowest BCUT2D eigenvalue weighted by atomic mass is 9.95. The lowest BCUT2D eigenvalue weighted by molar-refractivity contribution is -0.142. The van der Waals surface area contributed by atoms with E-state index in [1.165, 1.54) is 0 Å². The first-order valence-corrected chi connectivity index (χ1v) is 5.14. The first-order valence-electron chi connectivity index (χ1n) is 5.14. The first kappa shape index (κ1) is 10.2. The summed E-state index contributed by atoms with van der Waals surface area (Å²) in [6, 6.07) is 9.72. The van der Waals surface area contributed by atoms with Crippen LogP contribution in [0.4, 0.5) is 0 Å². The molecule has 80 valence electrons. The van der Waals surface area contributed by atoms with Gasteiger partial charge in [-0.15, -0.1) is 0 Å². The minimum Gasteiger partial charge on any atom is -0.481 e. The molecule has 15 heavy (non-hydrogen) atoms. The molecule has 1 aliphatic rings. The van der Waals surface area contributed by atoms with Gasteiger partial charge in [0.05, 0.1) is 18.6 Å². The average molecular weight is 206 g/mol. The second-order valence-electron chi connectivity index (χ2n) is 3.92. The van der Waals surface area contributed by atoms with Crippen molar-refractivity contribution in [3.05, 3.63) is 35.9 Å². The highest BCUT2D eigenvalue weighted by Gasteiger charge is 2.30. The maximum atomic E-state index is 11.0. The summed E-state index contributed by atoms with van der Waals surface area (Å²) in [6.07, 6.45) is 1.40. The summed E-state index contributed by atoms with van der Waals surface area (Å²) >= 11 is 0. The van der Waals surface area contributed by atoms with Gasteiger partial charge in [0.15, 0.2) is 0 Å². The summed E-state index contributed by atoms with van der Waals surface area (Å²) in [5.74, 6) is -1.05. The van der Waals surface area contributed by atoms with E-state index in [4.69, 9.17) is 9.84 Å². The number of carbonyl (C=O) groups is 1. The zero-order chi connectivity index (χ0) is 10.7. The van der Waals surface area contributed by atoms with Crippen molar-refractivity contribution in [2.45, 2.75) is 18.9 Å². The van der Waals surface area contributed by atoms with Crippen LogP contribution < -0.4 is 0 Å². The molecule has 1 aromatic rings. The second kappa shape index (κ2) is 4.45. The van der Waals surface area contributed by atoms with E-state index in [9.17, 15) is 4.79 Å². The third-order valence-electron chi connectivity index (χ3n) is 2.62. The minimum absolute atomic E-state index is 0.176. The Kier molecular flexibility index (Phi) is 3.02. The van der Waals surface area contributed by atoms with Gasteiger partial charge in [0.2, 0.25) is 0 Å². The van der Waals surface area contributed by atoms with E-state index < -0.39 is 5.97 Å². The van der Waals surface area contributed by atoms with Gasteiger partial charge in [-0.2, -0.15) is 0 Å². The fourth-order valence-corrected chi connectivity index (χ4v) is 1.69. The van der Waals surface area contributed by atoms with Gasteiger partial charge >= 0.3 is 5.97 Å². The van der Waals surface area contributed by atoms with Crippen molar-refractivity contribution in [2.24, 2.45) is 5.92 Å². The topological polar surface area (TPSA) is 49.8 Å². The predicted molar refractivity (Wildman–Crippen MR) is 55.6 cm³/mol. The lowest BCUT2D eigenvalue weighted by Gasteiger charge is -2.10. The van der Waals surface area contributed by atoms with Crippen molar-refractivity contribution in [3.63, 3.8) is 0 Å². The Balaban J connectivity index is 1.96. The molecular formula is C12H14O3. The Morgan fingerprint density at radius 2 is 2.13 bits per heavy atom. The normalized spacial score (nSPS) is 20.9. The van der Waals surface area contributed by atoms with Crippen LogP contribution in [0.15, 0.2) is 30.3 Å². The van der Waals surface area contributed by atoms with Gasteiger partial charge in [-0.1, -0.05) is 30.3 Å². The van der Waals surface area contributed by atoms with E-state index in [0.29, 0.717) is 12.8 Å². The molecule has 1 fully saturated rings. The molecule has 1 saturated heterocycles. The average Bonchev–Trinajstić information content (AvgIpc) is 3.02. The van der Waals surface area contributed by atoms with E-state index >= 15 is 0 Å². The molecule has 1 N–H and O–H groups in total.